The van der Waals surface area contributed by atoms with E-state index in [1.807, 2.05) is 0 Å². The molecule has 1 N–H and O–H groups in total. The summed E-state index contributed by atoms with van der Waals surface area (Å²) in [6.07, 6.45) is -0.605. The van der Waals surface area contributed by atoms with Crippen molar-refractivity contribution in [3.05, 3.63) is 57.8 Å². The van der Waals surface area contributed by atoms with E-state index >= 15 is 0 Å². The van der Waals surface area contributed by atoms with Gasteiger partial charge in [-0.2, -0.15) is 0 Å². The van der Waals surface area contributed by atoms with E-state index in [-0.39, 0.29) is 5.02 Å². The Morgan fingerprint density at radius 1 is 1.11 bits per heavy atom. The van der Waals surface area contributed by atoms with Crippen molar-refractivity contribution in [3.63, 3.8) is 0 Å². The van der Waals surface area contributed by atoms with Gasteiger partial charge in [-0.25, -0.2) is 4.39 Å². The maximum atomic E-state index is 13.0. The molecular formula is C14H11Cl2FO2. The van der Waals surface area contributed by atoms with Gasteiger partial charge in [-0.3, -0.25) is 0 Å². The monoisotopic (exact) mass is 300 g/mol. The van der Waals surface area contributed by atoms with Gasteiger partial charge in [0.05, 0.1) is 16.1 Å². The largest absolute Gasteiger partial charge is 0.456 e. The zero-order valence-electron chi connectivity index (χ0n) is 10.0. The lowest BCUT2D eigenvalue weighted by Gasteiger charge is -2.10. The third-order valence-corrected chi connectivity index (χ3v) is 3.14. The SMILES string of the molecule is CC(O)c1ccc(Oc2ccc(F)c(Cl)c2)c(Cl)c1. The number of aliphatic hydroxyl groups is 1. The first-order valence-corrected chi connectivity index (χ1v) is 6.33. The zero-order chi connectivity index (χ0) is 14.0. The summed E-state index contributed by atoms with van der Waals surface area (Å²) in [4.78, 5) is 0. The Morgan fingerprint density at radius 3 is 2.42 bits per heavy atom. The van der Waals surface area contributed by atoms with Crippen molar-refractivity contribution in [1.29, 1.82) is 0 Å². The van der Waals surface area contributed by atoms with Gasteiger partial charge in [-0.1, -0.05) is 29.3 Å². The van der Waals surface area contributed by atoms with Gasteiger partial charge in [0.25, 0.3) is 0 Å². The maximum Gasteiger partial charge on any atom is 0.146 e. The molecule has 2 rings (SSSR count). The van der Waals surface area contributed by atoms with Gasteiger partial charge in [0.15, 0.2) is 0 Å². The van der Waals surface area contributed by atoms with Crippen LogP contribution in [-0.4, -0.2) is 5.11 Å². The predicted octanol–water partition coefficient (Wildman–Crippen LogP) is 4.98. The number of aliphatic hydroxyl groups excluding tert-OH is 1. The third kappa shape index (κ3) is 3.38. The van der Waals surface area contributed by atoms with Crippen LogP contribution in [0.3, 0.4) is 0 Å². The summed E-state index contributed by atoms with van der Waals surface area (Å²) in [5.74, 6) is 0.288. The van der Waals surface area contributed by atoms with Gasteiger partial charge in [-0.15, -0.1) is 0 Å². The molecule has 0 aromatic heterocycles. The molecule has 1 atom stereocenters. The van der Waals surface area contributed by atoms with Crippen LogP contribution in [0.25, 0.3) is 0 Å². The van der Waals surface area contributed by atoms with Crippen molar-refractivity contribution < 1.29 is 14.2 Å². The number of rotatable bonds is 3. The molecule has 0 aliphatic carbocycles. The second-order valence-electron chi connectivity index (χ2n) is 4.04. The van der Waals surface area contributed by atoms with Crippen molar-refractivity contribution in [2.75, 3.05) is 0 Å². The fraction of sp³-hybridized carbons (Fsp3) is 0.143. The molecule has 0 radical (unpaired) electrons. The highest BCUT2D eigenvalue weighted by atomic mass is 35.5. The number of halogens is 3. The van der Waals surface area contributed by atoms with E-state index < -0.39 is 11.9 Å². The summed E-state index contributed by atoms with van der Waals surface area (Å²) < 4.78 is 18.5. The molecular weight excluding hydrogens is 290 g/mol. The fourth-order valence-electron chi connectivity index (χ4n) is 1.53. The van der Waals surface area contributed by atoms with Crippen LogP contribution in [-0.2, 0) is 0 Å². The summed E-state index contributed by atoms with van der Waals surface area (Å²) >= 11 is 11.7. The molecule has 19 heavy (non-hydrogen) atoms. The summed E-state index contributed by atoms with van der Waals surface area (Å²) in [6.45, 7) is 1.64. The molecule has 2 aromatic carbocycles. The smallest absolute Gasteiger partial charge is 0.146 e. The summed E-state index contributed by atoms with van der Waals surface area (Å²) in [7, 11) is 0. The van der Waals surface area contributed by atoms with Crippen molar-refractivity contribution in [2.24, 2.45) is 0 Å². The van der Waals surface area contributed by atoms with E-state index in [2.05, 4.69) is 0 Å². The van der Waals surface area contributed by atoms with Crippen molar-refractivity contribution in [1.82, 2.24) is 0 Å². The van der Waals surface area contributed by atoms with Gasteiger partial charge in [0, 0.05) is 6.07 Å². The Balaban J connectivity index is 2.25. The topological polar surface area (TPSA) is 29.5 Å². The lowest BCUT2D eigenvalue weighted by molar-refractivity contribution is 0.199. The average molecular weight is 301 g/mol. The van der Waals surface area contributed by atoms with Crippen LogP contribution in [0.15, 0.2) is 36.4 Å². The summed E-state index contributed by atoms with van der Waals surface area (Å²) in [5.41, 5.74) is 0.689. The normalized spacial score (nSPS) is 12.3. The van der Waals surface area contributed by atoms with Crippen molar-refractivity contribution in [3.8, 4) is 11.5 Å². The second-order valence-corrected chi connectivity index (χ2v) is 4.86. The number of hydrogen-bond donors (Lipinski definition) is 1. The standard InChI is InChI=1S/C14H11Cl2FO2/c1-8(18)9-2-5-14(12(16)6-9)19-10-3-4-13(17)11(15)7-10/h2-8,18H,1H3. The van der Waals surface area contributed by atoms with E-state index in [1.54, 1.807) is 25.1 Å². The molecule has 0 heterocycles. The average Bonchev–Trinajstić information content (AvgIpc) is 2.36. The number of hydrogen-bond acceptors (Lipinski definition) is 2. The van der Waals surface area contributed by atoms with Crippen LogP contribution in [0, 0.1) is 5.82 Å². The number of ether oxygens (including phenoxy) is 1. The van der Waals surface area contributed by atoms with Gasteiger partial charge in [0.1, 0.15) is 17.3 Å². The van der Waals surface area contributed by atoms with Gasteiger partial charge in [0.2, 0.25) is 0 Å². The molecule has 1 unspecified atom stereocenters. The minimum absolute atomic E-state index is 0.0192. The lowest BCUT2D eigenvalue weighted by Crippen LogP contribution is -1.92. The predicted molar refractivity (Wildman–Crippen MR) is 73.6 cm³/mol. The quantitative estimate of drug-likeness (QED) is 0.866. The van der Waals surface area contributed by atoms with Crippen LogP contribution >= 0.6 is 23.2 Å². The van der Waals surface area contributed by atoms with E-state index in [0.29, 0.717) is 22.1 Å². The van der Waals surface area contributed by atoms with Crippen LogP contribution in [0.5, 0.6) is 11.5 Å². The van der Waals surface area contributed by atoms with Crippen LogP contribution in [0.4, 0.5) is 4.39 Å². The highest BCUT2D eigenvalue weighted by Gasteiger charge is 2.08. The summed E-state index contributed by atoms with van der Waals surface area (Å²) in [6, 6.07) is 9.01. The number of benzene rings is 2. The minimum Gasteiger partial charge on any atom is -0.456 e. The first kappa shape index (κ1) is 14.1. The molecule has 5 heteroatoms. The third-order valence-electron chi connectivity index (χ3n) is 2.56. The molecule has 2 aromatic rings. The van der Waals surface area contributed by atoms with Crippen LogP contribution in [0.1, 0.15) is 18.6 Å². The molecule has 0 aliphatic heterocycles. The fourth-order valence-corrected chi connectivity index (χ4v) is 1.93. The van der Waals surface area contributed by atoms with E-state index in [1.165, 1.54) is 18.2 Å². The molecule has 0 aliphatic rings. The Labute approximate surface area is 120 Å². The highest BCUT2D eigenvalue weighted by Crippen LogP contribution is 2.32. The Morgan fingerprint density at radius 2 is 1.84 bits per heavy atom. The minimum atomic E-state index is -0.605. The molecule has 0 bridgehead atoms. The second kappa shape index (κ2) is 5.78. The van der Waals surface area contributed by atoms with Gasteiger partial charge >= 0.3 is 0 Å². The zero-order valence-corrected chi connectivity index (χ0v) is 11.5. The molecule has 0 saturated heterocycles. The first-order chi connectivity index (χ1) is 8.97. The Bertz CT molecular complexity index is 600. The van der Waals surface area contributed by atoms with E-state index in [0.717, 1.165) is 0 Å². The Hall–Kier alpha value is -1.29. The van der Waals surface area contributed by atoms with Gasteiger partial charge < -0.3 is 9.84 Å². The van der Waals surface area contributed by atoms with E-state index in [4.69, 9.17) is 27.9 Å². The van der Waals surface area contributed by atoms with Crippen LogP contribution < -0.4 is 4.74 Å². The lowest BCUT2D eigenvalue weighted by atomic mass is 10.1. The molecule has 0 spiro atoms. The van der Waals surface area contributed by atoms with Gasteiger partial charge in [-0.05, 0) is 36.8 Å². The van der Waals surface area contributed by atoms with Crippen molar-refractivity contribution >= 4 is 23.2 Å². The highest BCUT2D eigenvalue weighted by molar-refractivity contribution is 6.32. The Kier molecular flexibility index (Phi) is 4.30. The molecule has 2 nitrogen and oxygen atoms in total. The van der Waals surface area contributed by atoms with E-state index in [9.17, 15) is 9.50 Å². The van der Waals surface area contributed by atoms with Crippen LogP contribution in [0.2, 0.25) is 10.0 Å². The van der Waals surface area contributed by atoms with Crippen molar-refractivity contribution in [2.45, 2.75) is 13.0 Å². The molecule has 100 valence electrons. The molecule has 0 amide bonds. The molecule has 0 fully saturated rings. The molecule has 0 saturated carbocycles. The summed E-state index contributed by atoms with van der Waals surface area (Å²) in [5, 5.41) is 9.78. The first-order valence-electron chi connectivity index (χ1n) is 5.58. The maximum absolute atomic E-state index is 13.0.